The van der Waals surface area contributed by atoms with Crippen LogP contribution >= 0.6 is 0 Å². The first-order chi connectivity index (χ1) is 12.4. The second kappa shape index (κ2) is 4.61. The van der Waals surface area contributed by atoms with Gasteiger partial charge in [0, 0.05) is 10.8 Å². The Morgan fingerprint density at radius 2 is 1.12 bits per heavy atom. The molecule has 0 aliphatic heterocycles. The van der Waals surface area contributed by atoms with Crippen molar-refractivity contribution >= 4 is 54.3 Å². The molecule has 6 rings (SSSR count). The van der Waals surface area contributed by atoms with Gasteiger partial charge >= 0.3 is 0 Å². The zero-order valence-corrected chi connectivity index (χ0v) is 13.5. The first-order valence-electron chi connectivity index (χ1n) is 8.54. The first-order valence-corrected chi connectivity index (χ1v) is 8.54. The van der Waals surface area contributed by atoms with Crippen molar-refractivity contribution in [2.45, 2.75) is 0 Å². The van der Waals surface area contributed by atoms with Crippen LogP contribution in [0.2, 0.25) is 0 Å². The van der Waals surface area contributed by atoms with E-state index in [4.69, 9.17) is 4.42 Å². The first kappa shape index (κ1) is 13.0. The van der Waals surface area contributed by atoms with Crippen LogP contribution in [0.1, 0.15) is 0 Å². The molecule has 0 N–H and O–H groups in total. The minimum Gasteiger partial charge on any atom is -0.456 e. The molecule has 0 bridgehead atoms. The van der Waals surface area contributed by atoms with Gasteiger partial charge in [-0.25, -0.2) is 0 Å². The van der Waals surface area contributed by atoms with E-state index in [1.807, 2.05) is 0 Å². The normalized spacial score (nSPS) is 12.0. The molecule has 0 aliphatic carbocycles. The van der Waals surface area contributed by atoms with Crippen LogP contribution in [0, 0.1) is 0 Å². The second-order valence-electron chi connectivity index (χ2n) is 6.62. The molecule has 1 heteroatoms. The Balaban J connectivity index is 1.86. The van der Waals surface area contributed by atoms with Crippen molar-refractivity contribution in [3.8, 4) is 0 Å². The van der Waals surface area contributed by atoms with Gasteiger partial charge < -0.3 is 4.42 Å². The maximum absolute atomic E-state index is 6.22. The van der Waals surface area contributed by atoms with Gasteiger partial charge in [0.2, 0.25) is 0 Å². The Morgan fingerprint density at radius 1 is 0.440 bits per heavy atom. The fourth-order valence-electron chi connectivity index (χ4n) is 4.05. The topological polar surface area (TPSA) is 13.1 Å². The van der Waals surface area contributed by atoms with Crippen LogP contribution < -0.4 is 0 Å². The summed E-state index contributed by atoms with van der Waals surface area (Å²) in [7, 11) is 0. The van der Waals surface area contributed by atoms with E-state index in [2.05, 4.69) is 84.9 Å². The molecule has 0 spiro atoms. The third-order valence-corrected chi connectivity index (χ3v) is 5.23. The zero-order chi connectivity index (χ0) is 16.4. The monoisotopic (exact) mass is 318 g/mol. The molecule has 0 saturated heterocycles. The molecule has 1 nitrogen and oxygen atoms in total. The van der Waals surface area contributed by atoms with Gasteiger partial charge in [0.25, 0.3) is 0 Å². The number of furan rings is 1. The smallest absolute Gasteiger partial charge is 0.136 e. The molecule has 0 unspecified atom stereocenters. The minimum absolute atomic E-state index is 0.952. The van der Waals surface area contributed by atoms with Gasteiger partial charge in [-0.3, -0.25) is 0 Å². The predicted octanol–water partition coefficient (Wildman–Crippen LogP) is 7.05. The summed E-state index contributed by atoms with van der Waals surface area (Å²) in [4.78, 5) is 0. The van der Waals surface area contributed by atoms with E-state index in [9.17, 15) is 0 Å². The third kappa shape index (κ3) is 1.72. The van der Waals surface area contributed by atoms with Gasteiger partial charge in [0.15, 0.2) is 0 Å². The molecule has 0 amide bonds. The number of hydrogen-bond acceptors (Lipinski definition) is 1. The molecule has 1 aromatic heterocycles. The number of hydrogen-bond donors (Lipinski definition) is 0. The predicted molar refractivity (Wildman–Crippen MR) is 106 cm³/mol. The molecule has 0 aliphatic rings. The number of fused-ring (bicyclic) bond motifs is 8. The van der Waals surface area contributed by atoms with Crippen molar-refractivity contribution in [1.82, 2.24) is 0 Å². The Kier molecular flexibility index (Phi) is 2.40. The standard InChI is InChI=1S/C24H14O/c1-3-7-18-15(5-1)9-10-17-13-21-23(14-20(17)18)25-22-12-11-16-6-2-4-8-19(16)24(21)22/h1-14H. The Bertz CT molecular complexity index is 1440. The SMILES string of the molecule is c1ccc2c(c1)ccc1cc3c(cc12)oc1ccc2ccccc2c13. The molecule has 0 fully saturated rings. The van der Waals surface area contributed by atoms with Crippen molar-refractivity contribution in [2.24, 2.45) is 0 Å². The third-order valence-electron chi connectivity index (χ3n) is 5.23. The van der Waals surface area contributed by atoms with E-state index in [0.717, 1.165) is 11.2 Å². The summed E-state index contributed by atoms with van der Waals surface area (Å²) in [6.45, 7) is 0. The average molecular weight is 318 g/mol. The highest BCUT2D eigenvalue weighted by Gasteiger charge is 2.12. The van der Waals surface area contributed by atoms with Crippen LogP contribution in [0.3, 0.4) is 0 Å². The lowest BCUT2D eigenvalue weighted by Gasteiger charge is -2.04. The van der Waals surface area contributed by atoms with Crippen molar-refractivity contribution in [2.75, 3.05) is 0 Å². The highest BCUT2D eigenvalue weighted by molar-refractivity contribution is 6.22. The van der Waals surface area contributed by atoms with Crippen molar-refractivity contribution < 1.29 is 4.42 Å². The van der Waals surface area contributed by atoms with Crippen molar-refractivity contribution in [1.29, 1.82) is 0 Å². The summed E-state index contributed by atoms with van der Waals surface area (Å²) in [6.07, 6.45) is 0. The molecule has 0 radical (unpaired) electrons. The van der Waals surface area contributed by atoms with Gasteiger partial charge in [0.1, 0.15) is 11.2 Å². The maximum atomic E-state index is 6.22. The largest absolute Gasteiger partial charge is 0.456 e. The molecule has 6 aromatic rings. The molecule has 116 valence electrons. The molecule has 1 heterocycles. The number of rotatable bonds is 0. The van der Waals surface area contributed by atoms with E-state index in [1.165, 1.54) is 43.1 Å². The van der Waals surface area contributed by atoms with E-state index in [1.54, 1.807) is 0 Å². The van der Waals surface area contributed by atoms with Gasteiger partial charge in [-0.05, 0) is 50.5 Å². The Morgan fingerprint density at radius 3 is 2.00 bits per heavy atom. The average Bonchev–Trinajstić information content (AvgIpc) is 3.04. The molecular formula is C24H14O. The van der Waals surface area contributed by atoms with Crippen LogP contribution in [0.15, 0.2) is 89.3 Å². The van der Waals surface area contributed by atoms with Gasteiger partial charge in [0.05, 0.1) is 0 Å². The molecule has 25 heavy (non-hydrogen) atoms. The van der Waals surface area contributed by atoms with Crippen LogP contribution in [0.25, 0.3) is 54.3 Å². The zero-order valence-electron chi connectivity index (χ0n) is 13.5. The van der Waals surface area contributed by atoms with Crippen LogP contribution in [-0.4, -0.2) is 0 Å². The van der Waals surface area contributed by atoms with E-state index < -0.39 is 0 Å². The lowest BCUT2D eigenvalue weighted by atomic mass is 9.98. The Hall–Kier alpha value is -3.32. The summed E-state index contributed by atoms with van der Waals surface area (Å²) in [5.41, 5.74) is 1.91. The quantitative estimate of drug-likeness (QED) is 0.274. The fourth-order valence-corrected chi connectivity index (χ4v) is 4.05. The van der Waals surface area contributed by atoms with E-state index in [0.29, 0.717) is 0 Å². The van der Waals surface area contributed by atoms with Crippen LogP contribution in [-0.2, 0) is 0 Å². The second-order valence-corrected chi connectivity index (χ2v) is 6.62. The summed E-state index contributed by atoms with van der Waals surface area (Å²) >= 11 is 0. The van der Waals surface area contributed by atoms with Crippen molar-refractivity contribution in [3.63, 3.8) is 0 Å². The summed E-state index contributed by atoms with van der Waals surface area (Å²) < 4.78 is 6.22. The van der Waals surface area contributed by atoms with Crippen LogP contribution in [0.5, 0.6) is 0 Å². The minimum atomic E-state index is 0.952. The van der Waals surface area contributed by atoms with E-state index in [-0.39, 0.29) is 0 Å². The summed E-state index contributed by atoms with van der Waals surface area (Å²) in [6, 6.07) is 30.1. The molecular weight excluding hydrogens is 304 g/mol. The number of benzene rings is 5. The summed E-state index contributed by atoms with van der Waals surface area (Å²) in [5, 5.41) is 9.92. The van der Waals surface area contributed by atoms with Gasteiger partial charge in [-0.2, -0.15) is 0 Å². The highest BCUT2D eigenvalue weighted by Crippen LogP contribution is 2.38. The van der Waals surface area contributed by atoms with E-state index >= 15 is 0 Å². The Labute approximate surface area is 144 Å². The lowest BCUT2D eigenvalue weighted by molar-refractivity contribution is 0.670. The van der Waals surface area contributed by atoms with Crippen molar-refractivity contribution in [3.05, 3.63) is 84.9 Å². The van der Waals surface area contributed by atoms with Gasteiger partial charge in [-0.15, -0.1) is 0 Å². The van der Waals surface area contributed by atoms with Gasteiger partial charge in [-0.1, -0.05) is 66.7 Å². The molecule has 5 aromatic carbocycles. The highest BCUT2D eigenvalue weighted by atomic mass is 16.3. The summed E-state index contributed by atoms with van der Waals surface area (Å²) in [5.74, 6) is 0. The lowest BCUT2D eigenvalue weighted by Crippen LogP contribution is -1.78. The molecule has 0 atom stereocenters. The fraction of sp³-hybridized carbons (Fsp3) is 0. The van der Waals surface area contributed by atoms with Crippen LogP contribution in [0.4, 0.5) is 0 Å². The maximum Gasteiger partial charge on any atom is 0.136 e. The molecule has 0 saturated carbocycles.